The molecule has 3 rings (SSSR count). The Morgan fingerprint density at radius 1 is 0.875 bits per heavy atom. The van der Waals surface area contributed by atoms with Crippen molar-refractivity contribution in [3.05, 3.63) is 59.7 Å². The first-order chi connectivity index (χ1) is 15.6. The summed E-state index contributed by atoms with van der Waals surface area (Å²) in [5.74, 6) is 0.412. The number of rotatable bonds is 9. The highest BCUT2D eigenvalue weighted by Crippen LogP contribution is 2.28. The molecule has 1 heterocycles. The zero-order valence-electron chi connectivity index (χ0n) is 19.0. The summed E-state index contributed by atoms with van der Waals surface area (Å²) in [7, 11) is 0. The quantitative estimate of drug-likeness (QED) is 0.608. The second-order valence-corrected chi connectivity index (χ2v) is 7.71. The Hall–Kier alpha value is -3.06. The highest BCUT2D eigenvalue weighted by molar-refractivity contribution is 6.35. The molecular weight excluding hydrogens is 406 g/mol. The highest BCUT2D eigenvalue weighted by Gasteiger charge is 2.25. The minimum Gasteiger partial charge on any atom is -0.490 e. The molecule has 1 saturated heterocycles. The molecule has 7 heteroatoms. The summed E-state index contributed by atoms with van der Waals surface area (Å²) < 4.78 is 11.2. The molecule has 0 spiro atoms. The second-order valence-electron chi connectivity index (χ2n) is 7.71. The largest absolute Gasteiger partial charge is 0.490 e. The number of nitrogens with zero attached hydrogens (tertiary/aromatic N) is 2. The molecule has 0 bridgehead atoms. The first kappa shape index (κ1) is 23.6. The maximum absolute atomic E-state index is 12.5. The normalized spacial score (nSPS) is 14.1. The molecule has 0 aromatic heterocycles. The van der Waals surface area contributed by atoms with E-state index in [1.54, 1.807) is 4.90 Å². The molecule has 32 heavy (non-hydrogen) atoms. The van der Waals surface area contributed by atoms with Gasteiger partial charge in [0, 0.05) is 39.3 Å². The van der Waals surface area contributed by atoms with Gasteiger partial charge in [-0.1, -0.05) is 36.4 Å². The van der Waals surface area contributed by atoms with Gasteiger partial charge in [0.2, 0.25) is 0 Å². The molecule has 7 nitrogen and oxygen atoms in total. The lowest BCUT2D eigenvalue weighted by atomic mass is 10.1. The van der Waals surface area contributed by atoms with Crippen molar-refractivity contribution >= 4 is 11.8 Å². The molecule has 0 atom stereocenters. The Labute approximate surface area is 190 Å². The number of ether oxygens (including phenoxy) is 2. The van der Waals surface area contributed by atoms with Gasteiger partial charge in [-0.2, -0.15) is 0 Å². The van der Waals surface area contributed by atoms with Crippen molar-refractivity contribution in [1.29, 1.82) is 0 Å². The summed E-state index contributed by atoms with van der Waals surface area (Å²) in [6.45, 7) is 8.88. The zero-order chi connectivity index (χ0) is 22.8. The van der Waals surface area contributed by atoms with Crippen LogP contribution >= 0.6 is 0 Å². The molecule has 1 aliphatic rings. The zero-order valence-corrected chi connectivity index (χ0v) is 19.0. The average molecular weight is 440 g/mol. The maximum atomic E-state index is 12.5. The molecule has 2 aromatic carbocycles. The van der Waals surface area contributed by atoms with Crippen LogP contribution in [0, 0.1) is 0 Å². The summed E-state index contributed by atoms with van der Waals surface area (Å²) >= 11 is 0. The van der Waals surface area contributed by atoms with Crippen LogP contribution in [-0.4, -0.2) is 67.6 Å². The fraction of sp³-hybridized carbons (Fsp3) is 0.440. The molecule has 0 unspecified atom stereocenters. The lowest BCUT2D eigenvalue weighted by Gasteiger charge is -2.34. The van der Waals surface area contributed by atoms with Gasteiger partial charge in [0.05, 0.1) is 13.2 Å². The fourth-order valence-corrected chi connectivity index (χ4v) is 3.74. The van der Waals surface area contributed by atoms with Crippen molar-refractivity contribution in [2.45, 2.75) is 26.8 Å². The Bertz CT molecular complexity index is 880. The van der Waals surface area contributed by atoms with Gasteiger partial charge in [0.25, 0.3) is 0 Å². The molecule has 0 radical (unpaired) electrons. The molecule has 1 N–H and O–H groups in total. The SMILES string of the molecule is CCOc1ccc(CCNC(=O)C(=O)N2CCN(Cc3ccccc3)CC2)cc1OCC. The van der Waals surface area contributed by atoms with Crippen LogP contribution in [0.4, 0.5) is 0 Å². The van der Waals surface area contributed by atoms with Crippen LogP contribution in [0.25, 0.3) is 0 Å². The lowest BCUT2D eigenvalue weighted by molar-refractivity contribution is -0.147. The molecule has 1 aliphatic heterocycles. The predicted octanol–water partition coefficient (Wildman–Crippen LogP) is 2.49. The van der Waals surface area contributed by atoms with Crippen LogP contribution in [-0.2, 0) is 22.6 Å². The topological polar surface area (TPSA) is 71.1 Å². The average Bonchev–Trinajstić information content (AvgIpc) is 2.81. The molecule has 0 aliphatic carbocycles. The van der Waals surface area contributed by atoms with E-state index in [4.69, 9.17) is 9.47 Å². The number of benzene rings is 2. The van der Waals surface area contributed by atoms with E-state index in [2.05, 4.69) is 22.3 Å². The van der Waals surface area contributed by atoms with E-state index in [-0.39, 0.29) is 0 Å². The first-order valence-corrected chi connectivity index (χ1v) is 11.3. The predicted molar refractivity (Wildman–Crippen MR) is 124 cm³/mol. The standard InChI is InChI=1S/C25H33N3O4/c1-3-31-22-11-10-20(18-23(22)32-4-2)12-13-26-24(29)25(30)28-16-14-27(15-17-28)19-21-8-6-5-7-9-21/h5-11,18H,3-4,12-17,19H2,1-2H3,(H,26,29). The number of carbonyl (C=O) groups is 2. The molecular formula is C25H33N3O4. The van der Waals surface area contributed by atoms with Gasteiger partial charge in [-0.05, 0) is 43.5 Å². The van der Waals surface area contributed by atoms with Gasteiger partial charge in [0.15, 0.2) is 11.5 Å². The number of carbonyl (C=O) groups excluding carboxylic acids is 2. The van der Waals surface area contributed by atoms with Crippen LogP contribution in [0.5, 0.6) is 11.5 Å². The smallest absolute Gasteiger partial charge is 0.311 e. The van der Waals surface area contributed by atoms with Crippen molar-refractivity contribution in [1.82, 2.24) is 15.1 Å². The van der Waals surface area contributed by atoms with E-state index in [1.165, 1.54) is 5.56 Å². The van der Waals surface area contributed by atoms with Crippen molar-refractivity contribution in [2.24, 2.45) is 0 Å². The van der Waals surface area contributed by atoms with E-state index in [9.17, 15) is 9.59 Å². The van der Waals surface area contributed by atoms with E-state index in [0.717, 1.165) is 25.2 Å². The van der Waals surface area contributed by atoms with Crippen molar-refractivity contribution in [3.8, 4) is 11.5 Å². The molecule has 2 aromatic rings. The van der Waals surface area contributed by atoms with Crippen molar-refractivity contribution in [3.63, 3.8) is 0 Å². The summed E-state index contributed by atoms with van der Waals surface area (Å²) in [5.41, 5.74) is 2.27. The minimum atomic E-state index is -0.544. The Morgan fingerprint density at radius 2 is 1.56 bits per heavy atom. The van der Waals surface area contributed by atoms with Crippen LogP contribution in [0.2, 0.25) is 0 Å². The summed E-state index contributed by atoms with van der Waals surface area (Å²) in [6.07, 6.45) is 0.607. The fourth-order valence-electron chi connectivity index (χ4n) is 3.74. The number of amides is 2. The molecule has 2 amide bonds. The monoisotopic (exact) mass is 439 g/mol. The van der Waals surface area contributed by atoms with E-state index >= 15 is 0 Å². The van der Waals surface area contributed by atoms with E-state index < -0.39 is 11.8 Å². The van der Waals surface area contributed by atoms with Crippen molar-refractivity contribution < 1.29 is 19.1 Å². The Kier molecular flexibility index (Phi) is 8.92. The van der Waals surface area contributed by atoms with Gasteiger partial charge in [-0.25, -0.2) is 0 Å². The summed E-state index contributed by atoms with van der Waals surface area (Å²) in [5, 5.41) is 2.75. The summed E-state index contributed by atoms with van der Waals surface area (Å²) in [6, 6.07) is 16.0. The summed E-state index contributed by atoms with van der Waals surface area (Å²) in [4.78, 5) is 28.8. The molecule has 0 saturated carbocycles. The van der Waals surface area contributed by atoms with Crippen molar-refractivity contribution in [2.75, 3.05) is 45.9 Å². The van der Waals surface area contributed by atoms with E-state index in [1.807, 2.05) is 50.2 Å². The van der Waals surface area contributed by atoms with Gasteiger partial charge in [0.1, 0.15) is 0 Å². The van der Waals surface area contributed by atoms with E-state index in [0.29, 0.717) is 50.8 Å². The number of nitrogens with one attached hydrogen (secondary N) is 1. The van der Waals surface area contributed by atoms with Crippen LogP contribution in [0.3, 0.4) is 0 Å². The van der Waals surface area contributed by atoms with Gasteiger partial charge in [-0.3, -0.25) is 14.5 Å². The number of hydrogen-bond donors (Lipinski definition) is 1. The van der Waals surface area contributed by atoms with Gasteiger partial charge >= 0.3 is 11.8 Å². The molecule has 1 fully saturated rings. The first-order valence-electron chi connectivity index (χ1n) is 11.3. The number of hydrogen-bond acceptors (Lipinski definition) is 5. The minimum absolute atomic E-state index is 0.387. The second kappa shape index (κ2) is 12.1. The third-order valence-corrected chi connectivity index (χ3v) is 5.41. The lowest BCUT2D eigenvalue weighted by Crippen LogP contribution is -2.52. The Balaban J connectivity index is 1.42. The molecule has 172 valence electrons. The van der Waals surface area contributed by atoms with Crippen LogP contribution in [0.15, 0.2) is 48.5 Å². The van der Waals surface area contributed by atoms with Crippen LogP contribution < -0.4 is 14.8 Å². The highest BCUT2D eigenvalue weighted by atomic mass is 16.5. The van der Waals surface area contributed by atoms with Gasteiger partial charge in [-0.15, -0.1) is 0 Å². The van der Waals surface area contributed by atoms with Crippen LogP contribution in [0.1, 0.15) is 25.0 Å². The third-order valence-electron chi connectivity index (χ3n) is 5.41. The Morgan fingerprint density at radius 3 is 2.25 bits per heavy atom. The number of piperazine rings is 1. The maximum Gasteiger partial charge on any atom is 0.311 e. The van der Waals surface area contributed by atoms with Gasteiger partial charge < -0.3 is 19.7 Å². The third kappa shape index (κ3) is 6.72.